The third-order valence-corrected chi connectivity index (χ3v) is 15.5. The first-order valence-corrected chi connectivity index (χ1v) is 30.9. The lowest BCUT2D eigenvalue weighted by Gasteiger charge is -2.46. The molecule has 0 saturated carbocycles. The van der Waals surface area contributed by atoms with Crippen LogP contribution in [0.2, 0.25) is 0 Å². The summed E-state index contributed by atoms with van der Waals surface area (Å²) in [4.78, 5) is 13.1. The van der Waals surface area contributed by atoms with Crippen LogP contribution in [0, 0.1) is 0 Å². The van der Waals surface area contributed by atoms with Gasteiger partial charge in [-0.3, -0.25) is 4.79 Å². The second kappa shape index (κ2) is 46.6. The summed E-state index contributed by atoms with van der Waals surface area (Å²) in [5, 5.41) is 86.2. The van der Waals surface area contributed by atoms with Gasteiger partial charge in [0.2, 0.25) is 5.91 Å². The lowest BCUT2D eigenvalue weighted by molar-refractivity contribution is -0.359. The van der Waals surface area contributed by atoms with E-state index in [1.807, 2.05) is 0 Å². The minimum absolute atomic E-state index is 0.213. The first kappa shape index (κ1) is 68.8. The lowest BCUT2D eigenvalue weighted by Crippen LogP contribution is -2.65. The number of aliphatic hydroxyl groups excluding tert-OH is 8. The number of nitrogens with one attached hydrogen (secondary N) is 1. The van der Waals surface area contributed by atoms with Gasteiger partial charge in [-0.05, 0) is 38.5 Å². The average molecular weight is 1060 g/mol. The van der Waals surface area contributed by atoms with E-state index in [-0.39, 0.29) is 12.5 Å². The highest BCUT2D eigenvalue weighted by atomic mass is 16.7. The zero-order valence-corrected chi connectivity index (χ0v) is 47.1. The summed E-state index contributed by atoms with van der Waals surface area (Å²) in [6, 6.07) is -0.820. The summed E-state index contributed by atoms with van der Waals surface area (Å²) >= 11 is 0. The molecule has 12 unspecified atom stereocenters. The van der Waals surface area contributed by atoms with Crippen LogP contribution < -0.4 is 5.32 Å². The Morgan fingerprint density at radius 1 is 0.473 bits per heavy atom. The van der Waals surface area contributed by atoms with Crippen molar-refractivity contribution in [3.63, 3.8) is 0 Å². The van der Waals surface area contributed by atoms with Crippen LogP contribution in [-0.4, -0.2) is 140 Å². The van der Waals surface area contributed by atoms with E-state index in [0.717, 1.165) is 44.9 Å². The number of hydrogen-bond donors (Lipinski definition) is 9. The third-order valence-electron chi connectivity index (χ3n) is 15.5. The summed E-state index contributed by atoms with van der Waals surface area (Å²) in [7, 11) is 0. The predicted molar refractivity (Wildman–Crippen MR) is 295 cm³/mol. The van der Waals surface area contributed by atoms with Gasteiger partial charge in [-0.15, -0.1) is 0 Å². The Hall–Kier alpha value is -1.27. The van der Waals surface area contributed by atoms with Crippen molar-refractivity contribution in [2.45, 2.75) is 344 Å². The molecule has 14 nitrogen and oxygen atoms in total. The zero-order valence-electron chi connectivity index (χ0n) is 47.1. The Labute approximate surface area is 450 Å². The summed E-state index contributed by atoms with van der Waals surface area (Å²) in [6.45, 7) is 2.70. The van der Waals surface area contributed by atoms with E-state index in [4.69, 9.17) is 18.9 Å². The van der Waals surface area contributed by atoms with Crippen LogP contribution in [0.3, 0.4) is 0 Å². The Balaban J connectivity index is 1.43. The molecule has 2 rings (SSSR count). The van der Waals surface area contributed by atoms with E-state index in [9.17, 15) is 45.6 Å². The number of aliphatic hydroxyl groups is 8. The second-order valence-electron chi connectivity index (χ2n) is 22.2. The molecule has 0 bridgehead atoms. The Kier molecular flexibility index (Phi) is 43.4. The Morgan fingerprint density at radius 3 is 1.28 bits per heavy atom. The number of hydrogen-bond acceptors (Lipinski definition) is 13. The largest absolute Gasteiger partial charge is 0.394 e. The highest BCUT2D eigenvalue weighted by Gasteiger charge is 2.51. The average Bonchev–Trinajstić information content (AvgIpc) is 3.40. The van der Waals surface area contributed by atoms with Gasteiger partial charge in [0.25, 0.3) is 0 Å². The first-order valence-electron chi connectivity index (χ1n) is 30.9. The van der Waals surface area contributed by atoms with Crippen molar-refractivity contribution >= 4 is 5.91 Å². The molecule has 12 atom stereocenters. The lowest BCUT2D eigenvalue weighted by atomic mass is 9.97. The Bertz CT molecular complexity index is 1290. The summed E-state index contributed by atoms with van der Waals surface area (Å²) in [5.41, 5.74) is 0. The minimum Gasteiger partial charge on any atom is -0.394 e. The van der Waals surface area contributed by atoms with Crippen molar-refractivity contribution in [2.24, 2.45) is 0 Å². The predicted octanol–water partition coefficient (Wildman–Crippen LogP) is 10.7. The van der Waals surface area contributed by atoms with E-state index in [0.29, 0.717) is 12.8 Å². The number of carbonyl (C=O) groups excluding carboxylic acids is 1. The maximum Gasteiger partial charge on any atom is 0.220 e. The van der Waals surface area contributed by atoms with Gasteiger partial charge in [-0.25, -0.2) is 0 Å². The molecule has 74 heavy (non-hydrogen) atoms. The van der Waals surface area contributed by atoms with Crippen LogP contribution >= 0.6 is 0 Å². The van der Waals surface area contributed by atoms with E-state index < -0.39 is 86.8 Å². The normalized spacial score (nSPS) is 25.2. The highest BCUT2D eigenvalue weighted by Crippen LogP contribution is 2.30. The number of carbonyl (C=O) groups is 1. The van der Waals surface area contributed by atoms with E-state index >= 15 is 0 Å². The number of ether oxygens (including phenoxy) is 4. The first-order chi connectivity index (χ1) is 36.1. The molecule has 14 heteroatoms. The van der Waals surface area contributed by atoms with Gasteiger partial charge in [0.15, 0.2) is 12.6 Å². The maximum absolute atomic E-state index is 13.1. The fourth-order valence-electron chi connectivity index (χ4n) is 10.5. The van der Waals surface area contributed by atoms with Crippen LogP contribution in [0.4, 0.5) is 0 Å². The van der Waals surface area contributed by atoms with Crippen LogP contribution in [0.5, 0.6) is 0 Å². The molecule has 2 aliphatic rings. The molecule has 0 radical (unpaired) electrons. The summed E-state index contributed by atoms with van der Waals surface area (Å²) in [5.74, 6) is -0.213. The van der Waals surface area contributed by atoms with Crippen LogP contribution in [-0.2, 0) is 23.7 Å². The van der Waals surface area contributed by atoms with Crippen molar-refractivity contribution in [3.05, 3.63) is 12.2 Å². The van der Waals surface area contributed by atoms with Crippen molar-refractivity contribution < 1.29 is 64.6 Å². The molecule has 2 saturated heterocycles. The SMILES string of the molecule is CCCCCCCCCC/C=C\CCCCCCCCCCCCCCCCCCCCCCCCCCCC(=O)NC(COC1OC(CO)C(OC2OC(CO)C(O)C(O)C2O)C(O)C1O)C(O)CCCCC. The van der Waals surface area contributed by atoms with Gasteiger partial charge in [0.1, 0.15) is 48.8 Å². The molecule has 2 heterocycles. The van der Waals surface area contributed by atoms with Gasteiger partial charge < -0.3 is 65.1 Å². The van der Waals surface area contributed by atoms with Gasteiger partial charge in [0, 0.05) is 6.42 Å². The quantitative estimate of drug-likeness (QED) is 0.0204. The standard InChI is InChI=1S/C60H115NO13/c1-3-5-7-8-9-10-11-12-13-14-15-16-17-18-19-20-21-22-23-24-25-26-27-28-29-30-31-32-33-34-35-36-37-38-39-40-42-44-52(65)61-48(49(64)43-41-6-4-2)47-71-59-57(70)55(68)58(51(46-63)73-59)74-60-56(69)54(67)53(66)50(45-62)72-60/h14-15,48-51,53-60,62-64,66-70H,3-13,16-47H2,1-2H3,(H,61,65)/b15-14-. The molecule has 0 aromatic heterocycles. The van der Waals surface area contributed by atoms with Gasteiger partial charge in [-0.2, -0.15) is 0 Å². The summed E-state index contributed by atoms with van der Waals surface area (Å²) < 4.78 is 22.6. The van der Waals surface area contributed by atoms with Crippen LogP contribution in [0.15, 0.2) is 12.2 Å². The molecule has 0 aliphatic carbocycles. The van der Waals surface area contributed by atoms with Crippen LogP contribution in [0.1, 0.15) is 271 Å². The van der Waals surface area contributed by atoms with Gasteiger partial charge >= 0.3 is 0 Å². The molecule has 0 aromatic carbocycles. The van der Waals surface area contributed by atoms with Gasteiger partial charge in [-0.1, -0.05) is 238 Å². The van der Waals surface area contributed by atoms with E-state index in [1.54, 1.807) is 0 Å². The topological polar surface area (TPSA) is 228 Å². The second-order valence-corrected chi connectivity index (χ2v) is 22.2. The molecule has 2 fully saturated rings. The molecule has 1 amide bonds. The van der Waals surface area contributed by atoms with E-state index in [2.05, 4.69) is 31.3 Å². The fraction of sp³-hybridized carbons (Fsp3) is 0.950. The molecule has 9 N–H and O–H groups in total. The molecule has 0 aromatic rings. The molecule has 0 spiro atoms. The zero-order chi connectivity index (χ0) is 53.9. The maximum atomic E-state index is 13.1. The van der Waals surface area contributed by atoms with Crippen LogP contribution in [0.25, 0.3) is 0 Å². The van der Waals surface area contributed by atoms with Gasteiger partial charge in [0.05, 0.1) is 32.0 Å². The minimum atomic E-state index is -1.78. The van der Waals surface area contributed by atoms with Crippen molar-refractivity contribution in [3.8, 4) is 0 Å². The summed E-state index contributed by atoms with van der Waals surface area (Å²) in [6.07, 6.45) is 38.2. The molecular weight excluding hydrogens is 943 g/mol. The smallest absolute Gasteiger partial charge is 0.220 e. The van der Waals surface area contributed by atoms with Crippen molar-refractivity contribution in [1.29, 1.82) is 0 Å². The highest BCUT2D eigenvalue weighted by molar-refractivity contribution is 5.76. The number of amides is 1. The van der Waals surface area contributed by atoms with E-state index in [1.165, 1.54) is 199 Å². The van der Waals surface area contributed by atoms with Crippen molar-refractivity contribution in [1.82, 2.24) is 5.32 Å². The molecular formula is C60H115NO13. The number of rotatable bonds is 50. The monoisotopic (exact) mass is 1060 g/mol. The fourth-order valence-corrected chi connectivity index (χ4v) is 10.5. The Morgan fingerprint density at radius 2 is 0.851 bits per heavy atom. The number of allylic oxidation sites excluding steroid dienone is 2. The third kappa shape index (κ3) is 32.0. The molecule has 438 valence electrons. The number of unbranched alkanes of at least 4 members (excludes halogenated alkanes) is 35. The molecule has 2 aliphatic heterocycles. The van der Waals surface area contributed by atoms with Crippen molar-refractivity contribution in [2.75, 3.05) is 19.8 Å².